The first-order chi connectivity index (χ1) is 6.52. The molecule has 1 aliphatic rings. The molecule has 6 nitrogen and oxygen atoms in total. The van der Waals surface area contributed by atoms with Gasteiger partial charge in [0.15, 0.2) is 10.9 Å². The predicted octanol–water partition coefficient (Wildman–Crippen LogP) is -0.996. The summed E-state index contributed by atoms with van der Waals surface area (Å²) in [6, 6.07) is 0. The summed E-state index contributed by atoms with van der Waals surface area (Å²) in [4.78, 5) is 11.3. The largest absolute Gasteiger partial charge is 0.375 e. The maximum Gasteiger partial charge on any atom is 0.243 e. The van der Waals surface area contributed by atoms with Crippen LogP contribution < -0.4 is 16.6 Å². The van der Waals surface area contributed by atoms with Crippen LogP contribution in [0.3, 0.4) is 0 Å². The molecule has 0 aliphatic carbocycles. The van der Waals surface area contributed by atoms with E-state index in [9.17, 15) is 4.79 Å². The number of thiocarbonyl (C=S) groups is 1. The fourth-order valence-corrected chi connectivity index (χ4v) is 1.18. The van der Waals surface area contributed by atoms with E-state index in [1.807, 2.05) is 0 Å². The third-order valence-corrected chi connectivity index (χ3v) is 1.81. The van der Waals surface area contributed by atoms with Crippen LogP contribution in [0.5, 0.6) is 0 Å². The van der Waals surface area contributed by atoms with Crippen molar-refractivity contribution in [2.45, 2.75) is 19.1 Å². The molecule has 14 heavy (non-hydrogen) atoms. The van der Waals surface area contributed by atoms with Crippen LogP contribution in [0, 0.1) is 0 Å². The molecule has 1 fully saturated rings. The lowest BCUT2D eigenvalue weighted by molar-refractivity contribution is -0.160. The molecular formula is C7H13N3O3S. The Bertz CT molecular complexity index is 240. The first-order valence-corrected chi connectivity index (χ1v) is 4.55. The smallest absolute Gasteiger partial charge is 0.243 e. The van der Waals surface area contributed by atoms with Gasteiger partial charge in [-0.3, -0.25) is 15.6 Å². The second-order valence-electron chi connectivity index (χ2n) is 3.04. The number of hydrogen-bond acceptors (Lipinski definition) is 4. The van der Waals surface area contributed by atoms with Gasteiger partial charge in [-0.25, -0.2) is 0 Å². The zero-order valence-electron chi connectivity index (χ0n) is 7.83. The zero-order valence-corrected chi connectivity index (χ0v) is 8.65. The van der Waals surface area contributed by atoms with E-state index in [1.54, 1.807) is 6.92 Å². The molecule has 0 aromatic rings. The average molecular weight is 219 g/mol. The Morgan fingerprint density at radius 1 is 1.50 bits per heavy atom. The lowest BCUT2D eigenvalue weighted by atomic mass is 10.2. The van der Waals surface area contributed by atoms with E-state index in [2.05, 4.69) is 23.1 Å². The fraction of sp³-hybridized carbons (Fsp3) is 0.714. The summed E-state index contributed by atoms with van der Waals surface area (Å²) in [5.41, 5.74) is 9.78. The third-order valence-electron chi connectivity index (χ3n) is 1.70. The summed E-state index contributed by atoms with van der Waals surface area (Å²) >= 11 is 4.51. The Morgan fingerprint density at radius 2 is 2.07 bits per heavy atom. The number of carbonyl (C=O) groups excluding carboxylic acids is 1. The average Bonchev–Trinajstić information content (AvgIpc) is 2.48. The van der Waals surface area contributed by atoms with Crippen LogP contribution in [0.15, 0.2) is 0 Å². The highest BCUT2D eigenvalue weighted by Gasteiger charge is 2.33. The van der Waals surface area contributed by atoms with E-state index in [1.165, 1.54) is 0 Å². The van der Waals surface area contributed by atoms with E-state index >= 15 is 0 Å². The second-order valence-corrected chi connectivity index (χ2v) is 3.48. The molecule has 80 valence electrons. The first kappa shape index (κ1) is 11.2. The van der Waals surface area contributed by atoms with E-state index in [-0.39, 0.29) is 17.4 Å². The van der Waals surface area contributed by atoms with Crippen LogP contribution in [0.25, 0.3) is 0 Å². The van der Waals surface area contributed by atoms with Crippen molar-refractivity contribution >= 4 is 23.2 Å². The Labute approximate surface area is 87.1 Å². The van der Waals surface area contributed by atoms with Crippen molar-refractivity contribution in [2.24, 2.45) is 5.73 Å². The van der Waals surface area contributed by atoms with Crippen molar-refractivity contribution in [3.63, 3.8) is 0 Å². The monoisotopic (exact) mass is 219 g/mol. The summed E-state index contributed by atoms with van der Waals surface area (Å²) in [5.74, 6) is -1.12. The molecule has 1 heterocycles. The highest BCUT2D eigenvalue weighted by molar-refractivity contribution is 7.80. The Kier molecular flexibility index (Phi) is 3.62. The van der Waals surface area contributed by atoms with E-state index in [0.29, 0.717) is 13.2 Å². The standard InChI is InChI=1S/C7H13N3O3S/c1-7(12-2-3-13-7)4-5(11)9-10-6(8)14/h2-4H2,1H3,(H,9,11)(H3,8,10,14). The lowest BCUT2D eigenvalue weighted by Gasteiger charge is -2.21. The van der Waals surface area contributed by atoms with Crippen LogP contribution in [0.4, 0.5) is 0 Å². The van der Waals surface area contributed by atoms with E-state index in [0.717, 1.165) is 0 Å². The minimum atomic E-state index is -0.831. The highest BCUT2D eigenvalue weighted by atomic mass is 32.1. The quantitative estimate of drug-likeness (QED) is 0.408. The number of hydrogen-bond donors (Lipinski definition) is 3. The van der Waals surface area contributed by atoms with Gasteiger partial charge in [-0.2, -0.15) is 0 Å². The maximum atomic E-state index is 11.3. The van der Waals surface area contributed by atoms with Gasteiger partial charge in [-0.05, 0) is 19.1 Å². The molecule has 1 rings (SSSR count). The van der Waals surface area contributed by atoms with Crippen molar-refractivity contribution in [3.8, 4) is 0 Å². The van der Waals surface area contributed by atoms with Gasteiger partial charge in [0, 0.05) is 0 Å². The minimum Gasteiger partial charge on any atom is -0.375 e. The molecule has 1 amide bonds. The number of nitrogens with one attached hydrogen (secondary N) is 2. The number of hydrazine groups is 1. The van der Waals surface area contributed by atoms with Crippen LogP contribution >= 0.6 is 12.2 Å². The fourth-order valence-electron chi connectivity index (χ4n) is 1.13. The van der Waals surface area contributed by atoms with Gasteiger partial charge in [-0.15, -0.1) is 0 Å². The van der Waals surface area contributed by atoms with Crippen molar-refractivity contribution in [3.05, 3.63) is 0 Å². The lowest BCUT2D eigenvalue weighted by Crippen LogP contribution is -2.46. The molecular weight excluding hydrogens is 206 g/mol. The number of rotatable bonds is 2. The maximum absolute atomic E-state index is 11.3. The van der Waals surface area contributed by atoms with Gasteiger partial charge in [0.1, 0.15) is 0 Å². The molecule has 0 atom stereocenters. The van der Waals surface area contributed by atoms with Gasteiger partial charge < -0.3 is 15.2 Å². The minimum absolute atomic E-state index is 0.0109. The normalized spacial score (nSPS) is 18.9. The summed E-state index contributed by atoms with van der Waals surface area (Å²) in [5, 5.41) is 0.0109. The van der Waals surface area contributed by atoms with Crippen LogP contribution in [0.2, 0.25) is 0 Å². The van der Waals surface area contributed by atoms with Crippen LogP contribution in [-0.2, 0) is 14.3 Å². The van der Waals surface area contributed by atoms with Crippen molar-refractivity contribution in [2.75, 3.05) is 13.2 Å². The molecule has 4 N–H and O–H groups in total. The van der Waals surface area contributed by atoms with Gasteiger partial charge >= 0.3 is 0 Å². The Morgan fingerprint density at radius 3 is 2.57 bits per heavy atom. The molecule has 7 heteroatoms. The summed E-state index contributed by atoms with van der Waals surface area (Å²) in [7, 11) is 0. The van der Waals surface area contributed by atoms with E-state index < -0.39 is 5.79 Å². The van der Waals surface area contributed by atoms with Crippen molar-refractivity contribution in [1.29, 1.82) is 0 Å². The molecule has 0 spiro atoms. The van der Waals surface area contributed by atoms with Crippen LogP contribution in [-0.4, -0.2) is 30.0 Å². The summed E-state index contributed by atoms with van der Waals surface area (Å²) in [6.07, 6.45) is 0.0998. The molecule has 1 saturated heterocycles. The van der Waals surface area contributed by atoms with Gasteiger partial charge in [0.05, 0.1) is 19.6 Å². The van der Waals surface area contributed by atoms with Gasteiger partial charge in [0.25, 0.3) is 0 Å². The Balaban J connectivity index is 2.29. The van der Waals surface area contributed by atoms with Crippen molar-refractivity contribution in [1.82, 2.24) is 10.9 Å². The molecule has 1 aliphatic heterocycles. The summed E-state index contributed by atoms with van der Waals surface area (Å²) in [6.45, 7) is 2.72. The number of amides is 1. The number of nitrogens with two attached hydrogens (primary N) is 1. The van der Waals surface area contributed by atoms with Gasteiger partial charge in [0.2, 0.25) is 5.91 Å². The topological polar surface area (TPSA) is 85.6 Å². The summed E-state index contributed by atoms with van der Waals surface area (Å²) < 4.78 is 10.5. The van der Waals surface area contributed by atoms with Crippen LogP contribution in [0.1, 0.15) is 13.3 Å². The molecule has 0 unspecified atom stereocenters. The molecule has 0 aromatic carbocycles. The molecule has 0 saturated carbocycles. The van der Waals surface area contributed by atoms with E-state index in [4.69, 9.17) is 15.2 Å². The number of ether oxygens (including phenoxy) is 2. The highest BCUT2D eigenvalue weighted by Crippen LogP contribution is 2.21. The van der Waals surface area contributed by atoms with Crippen molar-refractivity contribution < 1.29 is 14.3 Å². The molecule has 0 aromatic heterocycles. The first-order valence-electron chi connectivity index (χ1n) is 4.14. The predicted molar refractivity (Wildman–Crippen MR) is 53.0 cm³/mol. The van der Waals surface area contributed by atoms with Gasteiger partial charge in [-0.1, -0.05) is 0 Å². The molecule has 0 radical (unpaired) electrons. The third kappa shape index (κ3) is 3.44. The SMILES string of the molecule is CC1(CC(=O)NNC(N)=S)OCCO1. The zero-order chi connectivity index (χ0) is 10.6. The molecule has 0 bridgehead atoms. The Hall–Kier alpha value is -0.920. The second kappa shape index (κ2) is 4.54. The number of carbonyl (C=O) groups is 1.